The van der Waals surface area contributed by atoms with Crippen molar-refractivity contribution in [1.82, 2.24) is 10.2 Å². The van der Waals surface area contributed by atoms with E-state index in [0.717, 1.165) is 42.0 Å². The molecular formula is C33H39Cl2N3O4S. The Morgan fingerprint density at radius 1 is 0.907 bits per heavy atom. The maximum atomic E-state index is 14.3. The monoisotopic (exact) mass is 643 g/mol. The lowest BCUT2D eigenvalue weighted by Crippen LogP contribution is -2.54. The van der Waals surface area contributed by atoms with Crippen LogP contribution in [0.2, 0.25) is 10.0 Å². The minimum atomic E-state index is -4.13. The lowest BCUT2D eigenvalue weighted by molar-refractivity contribution is -0.140. The van der Waals surface area contributed by atoms with Crippen LogP contribution in [0.25, 0.3) is 0 Å². The molecule has 4 rings (SSSR count). The first-order valence-electron chi connectivity index (χ1n) is 14.8. The van der Waals surface area contributed by atoms with E-state index in [-0.39, 0.29) is 23.4 Å². The number of aryl methyl sites for hydroxylation is 1. The first-order valence-corrected chi connectivity index (χ1v) is 17.0. The molecular weight excluding hydrogens is 605 g/mol. The summed E-state index contributed by atoms with van der Waals surface area (Å²) in [6.45, 7) is 3.36. The molecule has 7 nitrogen and oxygen atoms in total. The second-order valence-electron chi connectivity index (χ2n) is 10.8. The summed E-state index contributed by atoms with van der Waals surface area (Å²) in [6, 6.07) is 19.6. The number of anilines is 1. The molecule has 0 spiro atoms. The number of rotatable bonds is 12. The fraction of sp³-hybridized carbons (Fsp3) is 0.394. The molecule has 1 atom stereocenters. The van der Waals surface area contributed by atoms with Crippen LogP contribution in [0.3, 0.4) is 0 Å². The highest BCUT2D eigenvalue weighted by atomic mass is 35.5. The standard InChI is InChI=1S/C33H39Cl2N3O4S/c1-3-25-13-11-12-18-31(25)38(43(41,42)27-16-9-6-10-17-27)23-32(39)37(22-24-19-20-28(34)29(35)21-24)30(4-2)33(40)36-26-14-7-5-8-15-26/h6,9-13,16-21,26,30H,3-5,7-8,14-15,22-23H2,1-2H3,(H,36,40)/t30-/m0/s1. The van der Waals surface area contributed by atoms with Gasteiger partial charge in [0.25, 0.3) is 10.0 Å². The number of hydrogen-bond acceptors (Lipinski definition) is 4. The maximum absolute atomic E-state index is 14.3. The van der Waals surface area contributed by atoms with Gasteiger partial charge in [-0.3, -0.25) is 13.9 Å². The van der Waals surface area contributed by atoms with Gasteiger partial charge in [0, 0.05) is 12.6 Å². The summed E-state index contributed by atoms with van der Waals surface area (Å²) in [6.07, 6.45) is 5.98. The van der Waals surface area contributed by atoms with Gasteiger partial charge in [-0.1, -0.05) is 98.8 Å². The summed E-state index contributed by atoms with van der Waals surface area (Å²) in [5.41, 5.74) is 1.89. The van der Waals surface area contributed by atoms with Gasteiger partial charge in [0.15, 0.2) is 0 Å². The van der Waals surface area contributed by atoms with Crippen molar-refractivity contribution in [3.63, 3.8) is 0 Å². The van der Waals surface area contributed by atoms with Crippen LogP contribution in [0.1, 0.15) is 63.5 Å². The van der Waals surface area contributed by atoms with E-state index in [1.165, 1.54) is 17.0 Å². The van der Waals surface area contributed by atoms with Crippen LogP contribution < -0.4 is 9.62 Å². The van der Waals surface area contributed by atoms with Crippen LogP contribution in [-0.2, 0) is 32.6 Å². The number of nitrogens with one attached hydrogen (secondary N) is 1. The summed E-state index contributed by atoms with van der Waals surface area (Å²) < 4.78 is 29.3. The first-order chi connectivity index (χ1) is 20.6. The van der Waals surface area contributed by atoms with Gasteiger partial charge in [0.2, 0.25) is 11.8 Å². The third kappa shape index (κ3) is 8.11. The predicted molar refractivity (Wildman–Crippen MR) is 173 cm³/mol. The number of carbonyl (C=O) groups is 2. The predicted octanol–water partition coefficient (Wildman–Crippen LogP) is 7.01. The molecule has 1 fully saturated rings. The zero-order valence-corrected chi connectivity index (χ0v) is 27.0. The maximum Gasteiger partial charge on any atom is 0.264 e. The summed E-state index contributed by atoms with van der Waals surface area (Å²) in [4.78, 5) is 29.6. The Morgan fingerprint density at radius 2 is 1.58 bits per heavy atom. The Kier molecular flexibility index (Phi) is 11.5. The van der Waals surface area contributed by atoms with Crippen LogP contribution in [0.5, 0.6) is 0 Å². The Morgan fingerprint density at radius 3 is 2.23 bits per heavy atom. The van der Waals surface area contributed by atoms with Crippen molar-refractivity contribution >= 4 is 50.7 Å². The van der Waals surface area contributed by atoms with Gasteiger partial charge < -0.3 is 10.2 Å². The third-order valence-corrected chi connectivity index (χ3v) is 10.4. The van der Waals surface area contributed by atoms with Gasteiger partial charge in [-0.2, -0.15) is 0 Å². The lowest BCUT2D eigenvalue weighted by Gasteiger charge is -2.35. The minimum absolute atomic E-state index is 0.0565. The normalized spacial score (nSPS) is 14.6. The molecule has 0 aliphatic heterocycles. The highest BCUT2D eigenvalue weighted by Crippen LogP contribution is 2.29. The van der Waals surface area contributed by atoms with Crippen molar-refractivity contribution < 1.29 is 18.0 Å². The van der Waals surface area contributed by atoms with Gasteiger partial charge in [0.05, 0.1) is 20.6 Å². The van der Waals surface area contributed by atoms with Gasteiger partial charge in [-0.05, 0) is 67.1 Å². The number of hydrogen-bond donors (Lipinski definition) is 1. The van der Waals surface area contributed by atoms with Crippen LogP contribution in [0, 0.1) is 0 Å². The molecule has 3 aromatic carbocycles. The topological polar surface area (TPSA) is 86.8 Å². The SMILES string of the molecule is CCc1ccccc1N(CC(=O)N(Cc1ccc(Cl)c(Cl)c1)[C@@H](CC)C(=O)NC1CCCCC1)S(=O)(=O)c1ccccc1. The Hall–Kier alpha value is -3.07. The zero-order chi connectivity index (χ0) is 31.0. The number of benzene rings is 3. The van der Waals surface area contributed by atoms with Gasteiger partial charge in [0.1, 0.15) is 12.6 Å². The van der Waals surface area contributed by atoms with E-state index < -0.39 is 28.5 Å². The Labute approximate surface area is 265 Å². The molecule has 0 aromatic heterocycles. The summed E-state index contributed by atoms with van der Waals surface area (Å²) in [7, 11) is -4.13. The summed E-state index contributed by atoms with van der Waals surface area (Å²) >= 11 is 12.5. The van der Waals surface area contributed by atoms with Crippen LogP contribution in [0.15, 0.2) is 77.7 Å². The molecule has 0 saturated heterocycles. The van der Waals surface area contributed by atoms with Crippen LogP contribution >= 0.6 is 23.2 Å². The van der Waals surface area contributed by atoms with Crippen LogP contribution in [-0.4, -0.2) is 43.8 Å². The highest BCUT2D eigenvalue weighted by Gasteiger charge is 2.35. The Bertz CT molecular complexity index is 1510. The van der Waals surface area contributed by atoms with Crippen molar-refractivity contribution in [1.29, 1.82) is 0 Å². The average Bonchev–Trinajstić information content (AvgIpc) is 3.02. The number of amides is 2. The molecule has 1 aliphatic rings. The van der Waals surface area contributed by atoms with Crippen LogP contribution in [0.4, 0.5) is 5.69 Å². The molecule has 230 valence electrons. The van der Waals surface area contributed by atoms with E-state index in [4.69, 9.17) is 23.2 Å². The number of sulfonamides is 1. The van der Waals surface area contributed by atoms with E-state index in [1.807, 2.05) is 26.0 Å². The van der Waals surface area contributed by atoms with Crippen molar-refractivity contribution in [2.75, 3.05) is 10.8 Å². The van der Waals surface area contributed by atoms with E-state index in [2.05, 4.69) is 5.32 Å². The van der Waals surface area contributed by atoms with E-state index in [0.29, 0.717) is 34.1 Å². The fourth-order valence-electron chi connectivity index (χ4n) is 5.58. The van der Waals surface area contributed by atoms with Gasteiger partial charge in [-0.25, -0.2) is 8.42 Å². The summed E-state index contributed by atoms with van der Waals surface area (Å²) in [5, 5.41) is 3.87. The van der Waals surface area contributed by atoms with Crippen molar-refractivity contribution in [2.24, 2.45) is 0 Å². The molecule has 0 unspecified atom stereocenters. The molecule has 1 N–H and O–H groups in total. The second-order valence-corrected chi connectivity index (χ2v) is 13.5. The van der Waals surface area contributed by atoms with Crippen molar-refractivity contribution in [3.05, 3.63) is 94.0 Å². The fourth-order valence-corrected chi connectivity index (χ4v) is 7.38. The smallest absolute Gasteiger partial charge is 0.264 e. The number of carbonyl (C=O) groups excluding carboxylic acids is 2. The molecule has 1 aliphatic carbocycles. The van der Waals surface area contributed by atoms with Crippen molar-refractivity contribution in [3.8, 4) is 0 Å². The molecule has 43 heavy (non-hydrogen) atoms. The molecule has 0 heterocycles. The average molecular weight is 645 g/mol. The van der Waals surface area contributed by atoms with Gasteiger partial charge in [-0.15, -0.1) is 0 Å². The van der Waals surface area contributed by atoms with E-state index in [1.54, 1.807) is 48.5 Å². The number of halogens is 2. The molecule has 10 heteroatoms. The second kappa shape index (κ2) is 15.1. The summed E-state index contributed by atoms with van der Waals surface area (Å²) in [5.74, 6) is -0.739. The molecule has 1 saturated carbocycles. The van der Waals surface area contributed by atoms with Crippen molar-refractivity contribution in [2.45, 2.75) is 82.3 Å². The molecule has 0 bridgehead atoms. The Balaban J connectivity index is 1.74. The third-order valence-electron chi connectivity index (χ3n) is 7.93. The van der Waals surface area contributed by atoms with E-state index >= 15 is 0 Å². The first kappa shape index (κ1) is 32.8. The lowest BCUT2D eigenvalue weighted by atomic mass is 9.95. The van der Waals surface area contributed by atoms with E-state index in [9.17, 15) is 18.0 Å². The zero-order valence-electron chi connectivity index (χ0n) is 24.6. The molecule has 2 amide bonds. The van der Waals surface area contributed by atoms with Gasteiger partial charge >= 0.3 is 0 Å². The highest BCUT2D eigenvalue weighted by molar-refractivity contribution is 7.92. The number of nitrogens with zero attached hydrogens (tertiary/aromatic N) is 2. The minimum Gasteiger partial charge on any atom is -0.352 e. The molecule has 3 aromatic rings. The quantitative estimate of drug-likeness (QED) is 0.230. The molecule has 0 radical (unpaired) electrons. The number of para-hydroxylation sites is 1. The largest absolute Gasteiger partial charge is 0.352 e.